The van der Waals surface area contributed by atoms with E-state index >= 15 is 0 Å². The number of nitrogens with one attached hydrogen (secondary N) is 2. The normalized spacial score (nSPS) is 10.3. The Morgan fingerprint density at radius 3 is 2.13 bits per heavy atom. The van der Waals surface area contributed by atoms with Crippen molar-refractivity contribution in [1.29, 1.82) is 0 Å². The third kappa shape index (κ3) is 4.54. The number of urea groups is 1. The van der Waals surface area contributed by atoms with E-state index in [2.05, 4.69) is 5.32 Å². The molecule has 0 saturated heterocycles. The standard InChI is InChI=1S/C22H18F2N2O4/c1-29-15-9-6-13(7-10-15)16-11-8-14(12-19(16)30-2)25-22(28)26-21(27)20-17(23)4-3-5-18(20)24/h3-12H,1-2H3,(H2,25,26,27,28). The molecule has 30 heavy (non-hydrogen) atoms. The first-order chi connectivity index (χ1) is 14.4. The van der Waals surface area contributed by atoms with E-state index in [0.717, 1.165) is 29.3 Å². The van der Waals surface area contributed by atoms with Crippen LogP contribution in [0.4, 0.5) is 19.3 Å². The molecule has 154 valence electrons. The highest BCUT2D eigenvalue weighted by Gasteiger charge is 2.19. The maximum absolute atomic E-state index is 13.7. The molecule has 3 aromatic carbocycles. The second-order valence-electron chi connectivity index (χ2n) is 6.15. The highest BCUT2D eigenvalue weighted by Crippen LogP contribution is 2.33. The van der Waals surface area contributed by atoms with Gasteiger partial charge in [0.15, 0.2) is 0 Å². The van der Waals surface area contributed by atoms with Crippen LogP contribution in [0.2, 0.25) is 0 Å². The zero-order valence-electron chi connectivity index (χ0n) is 16.2. The minimum Gasteiger partial charge on any atom is -0.497 e. The molecule has 3 rings (SSSR count). The monoisotopic (exact) mass is 412 g/mol. The summed E-state index contributed by atoms with van der Waals surface area (Å²) in [7, 11) is 3.06. The third-order valence-corrected chi connectivity index (χ3v) is 4.28. The summed E-state index contributed by atoms with van der Waals surface area (Å²) in [4.78, 5) is 24.1. The number of carbonyl (C=O) groups is 2. The van der Waals surface area contributed by atoms with Crippen LogP contribution in [0.25, 0.3) is 11.1 Å². The number of anilines is 1. The van der Waals surface area contributed by atoms with E-state index < -0.39 is 29.1 Å². The first kappa shape index (κ1) is 20.8. The molecule has 0 aromatic heterocycles. The first-order valence-electron chi connectivity index (χ1n) is 8.81. The van der Waals surface area contributed by atoms with Gasteiger partial charge in [0.05, 0.1) is 14.2 Å². The molecule has 8 heteroatoms. The fourth-order valence-electron chi connectivity index (χ4n) is 2.82. The Labute approximate surface area is 171 Å². The molecule has 0 unspecified atom stereocenters. The van der Waals surface area contributed by atoms with Crippen LogP contribution in [0.1, 0.15) is 10.4 Å². The Balaban J connectivity index is 1.75. The summed E-state index contributed by atoms with van der Waals surface area (Å²) in [6.45, 7) is 0. The van der Waals surface area contributed by atoms with E-state index in [1.165, 1.54) is 7.11 Å². The molecule has 0 aliphatic carbocycles. The van der Waals surface area contributed by atoms with Crippen LogP contribution in [-0.2, 0) is 0 Å². The van der Waals surface area contributed by atoms with Crippen molar-refractivity contribution < 1.29 is 27.8 Å². The Bertz CT molecular complexity index is 1060. The zero-order valence-corrected chi connectivity index (χ0v) is 16.2. The molecule has 0 bridgehead atoms. The van der Waals surface area contributed by atoms with Gasteiger partial charge in [-0.1, -0.05) is 18.2 Å². The number of methoxy groups -OCH3 is 2. The number of hydrogen-bond donors (Lipinski definition) is 2. The van der Waals surface area contributed by atoms with E-state index in [0.29, 0.717) is 17.2 Å². The van der Waals surface area contributed by atoms with Gasteiger partial charge in [-0.25, -0.2) is 13.6 Å². The van der Waals surface area contributed by atoms with Crippen molar-refractivity contribution in [3.8, 4) is 22.6 Å². The van der Waals surface area contributed by atoms with Gasteiger partial charge in [-0.3, -0.25) is 10.1 Å². The summed E-state index contributed by atoms with van der Waals surface area (Å²) in [5.74, 6) is -2.13. The highest BCUT2D eigenvalue weighted by molar-refractivity contribution is 6.08. The molecule has 3 amide bonds. The number of imide groups is 1. The third-order valence-electron chi connectivity index (χ3n) is 4.28. The van der Waals surface area contributed by atoms with Crippen molar-refractivity contribution in [2.24, 2.45) is 0 Å². The van der Waals surface area contributed by atoms with Crippen molar-refractivity contribution in [2.45, 2.75) is 0 Å². The molecule has 2 N–H and O–H groups in total. The molecule has 0 atom stereocenters. The molecule has 6 nitrogen and oxygen atoms in total. The Morgan fingerprint density at radius 2 is 1.53 bits per heavy atom. The SMILES string of the molecule is COc1ccc(-c2ccc(NC(=O)NC(=O)c3c(F)cccc3F)cc2OC)cc1. The van der Waals surface area contributed by atoms with E-state index in [4.69, 9.17) is 9.47 Å². The lowest BCUT2D eigenvalue weighted by Crippen LogP contribution is -2.35. The van der Waals surface area contributed by atoms with Gasteiger partial charge in [0, 0.05) is 17.3 Å². The summed E-state index contributed by atoms with van der Waals surface area (Å²) >= 11 is 0. The van der Waals surface area contributed by atoms with Crippen LogP contribution in [0, 0.1) is 11.6 Å². The number of rotatable bonds is 5. The van der Waals surface area contributed by atoms with E-state index in [9.17, 15) is 18.4 Å². The molecule has 0 fully saturated rings. The topological polar surface area (TPSA) is 76.7 Å². The van der Waals surface area contributed by atoms with Crippen LogP contribution in [-0.4, -0.2) is 26.2 Å². The van der Waals surface area contributed by atoms with Gasteiger partial charge in [-0.05, 0) is 42.0 Å². The van der Waals surface area contributed by atoms with Crippen LogP contribution in [0.5, 0.6) is 11.5 Å². The van der Waals surface area contributed by atoms with E-state index in [1.807, 2.05) is 29.6 Å². The zero-order chi connectivity index (χ0) is 21.7. The lowest BCUT2D eigenvalue weighted by Gasteiger charge is -2.13. The van der Waals surface area contributed by atoms with Crippen molar-refractivity contribution in [2.75, 3.05) is 19.5 Å². The van der Waals surface area contributed by atoms with Gasteiger partial charge in [0.25, 0.3) is 5.91 Å². The van der Waals surface area contributed by atoms with Crippen molar-refractivity contribution >= 4 is 17.6 Å². The van der Waals surface area contributed by atoms with Crippen molar-refractivity contribution in [1.82, 2.24) is 5.32 Å². The lowest BCUT2D eigenvalue weighted by molar-refractivity contribution is 0.0959. The van der Waals surface area contributed by atoms with Gasteiger partial charge in [-0.2, -0.15) is 0 Å². The number of amides is 3. The molecule has 0 heterocycles. The summed E-state index contributed by atoms with van der Waals surface area (Å²) in [5.41, 5.74) is 1.13. The maximum Gasteiger partial charge on any atom is 0.326 e. The largest absolute Gasteiger partial charge is 0.497 e. The number of halogens is 2. The molecule has 0 aliphatic rings. The number of carbonyl (C=O) groups excluding carboxylic acids is 2. The predicted molar refractivity (Wildman–Crippen MR) is 108 cm³/mol. The quantitative estimate of drug-likeness (QED) is 0.642. The minimum atomic E-state index is -1.19. The molecule has 0 spiro atoms. The van der Waals surface area contributed by atoms with Gasteiger partial charge in [0.2, 0.25) is 0 Å². The summed E-state index contributed by atoms with van der Waals surface area (Å²) in [6, 6.07) is 14.3. The van der Waals surface area contributed by atoms with E-state index in [-0.39, 0.29) is 0 Å². The average Bonchev–Trinajstić information content (AvgIpc) is 2.73. The molecule has 3 aromatic rings. The van der Waals surface area contributed by atoms with Crippen LogP contribution >= 0.6 is 0 Å². The Hall–Kier alpha value is -3.94. The van der Waals surface area contributed by atoms with Gasteiger partial charge >= 0.3 is 6.03 Å². The average molecular weight is 412 g/mol. The Morgan fingerprint density at radius 1 is 0.867 bits per heavy atom. The predicted octanol–water partition coefficient (Wildman–Crippen LogP) is 4.61. The highest BCUT2D eigenvalue weighted by atomic mass is 19.1. The second-order valence-corrected chi connectivity index (χ2v) is 6.15. The smallest absolute Gasteiger partial charge is 0.326 e. The summed E-state index contributed by atoms with van der Waals surface area (Å²) in [5, 5.41) is 4.34. The fraction of sp³-hybridized carbons (Fsp3) is 0.0909. The fourth-order valence-corrected chi connectivity index (χ4v) is 2.82. The summed E-state index contributed by atoms with van der Waals surface area (Å²) in [6.07, 6.45) is 0. The van der Waals surface area contributed by atoms with E-state index in [1.54, 1.807) is 25.3 Å². The first-order valence-corrected chi connectivity index (χ1v) is 8.81. The number of benzene rings is 3. The van der Waals surface area contributed by atoms with Gasteiger partial charge in [0.1, 0.15) is 28.7 Å². The number of ether oxygens (including phenoxy) is 2. The van der Waals surface area contributed by atoms with Gasteiger partial charge in [-0.15, -0.1) is 0 Å². The molecular weight excluding hydrogens is 394 g/mol. The Kier molecular flexibility index (Phi) is 6.26. The molecular formula is C22H18F2N2O4. The molecule has 0 saturated carbocycles. The molecule has 0 aliphatic heterocycles. The van der Waals surface area contributed by atoms with Crippen LogP contribution in [0.15, 0.2) is 60.7 Å². The minimum absolute atomic E-state index is 0.323. The number of hydrogen-bond acceptors (Lipinski definition) is 4. The second kappa shape index (κ2) is 9.04. The van der Waals surface area contributed by atoms with Crippen molar-refractivity contribution in [3.05, 3.63) is 77.9 Å². The van der Waals surface area contributed by atoms with Crippen molar-refractivity contribution in [3.63, 3.8) is 0 Å². The molecule has 0 radical (unpaired) electrons. The van der Waals surface area contributed by atoms with Gasteiger partial charge < -0.3 is 14.8 Å². The van der Waals surface area contributed by atoms with Crippen LogP contribution in [0.3, 0.4) is 0 Å². The lowest BCUT2D eigenvalue weighted by atomic mass is 10.0. The van der Waals surface area contributed by atoms with Crippen LogP contribution < -0.4 is 20.1 Å². The summed E-state index contributed by atoms with van der Waals surface area (Å²) < 4.78 is 37.9. The maximum atomic E-state index is 13.7.